The van der Waals surface area contributed by atoms with E-state index in [0.717, 1.165) is 17.5 Å². The van der Waals surface area contributed by atoms with Crippen molar-refractivity contribution in [1.82, 2.24) is 9.71 Å². The topological polar surface area (TPSA) is 85.4 Å². The minimum absolute atomic E-state index is 0.0465. The molecule has 0 radical (unpaired) electrons. The van der Waals surface area contributed by atoms with Gasteiger partial charge < -0.3 is 4.74 Å². The van der Waals surface area contributed by atoms with Gasteiger partial charge in [-0.15, -0.1) is 0 Å². The third-order valence-corrected chi connectivity index (χ3v) is 5.35. The number of ether oxygens (including phenoxy) is 1. The largest absolute Gasteiger partial charge is 0.373 e. The molecule has 1 aromatic carbocycles. The number of halogens is 1. The standard InChI is InChI=1S/C17H17ClN2O4S/c18-16-6-5-12(10-19-16)11-25(22,23)20-17(21)9-15-14-4-2-1-3-13(14)7-8-24-15/h1-6,10,15H,7-9,11H2,(H,20,21). The highest BCUT2D eigenvalue weighted by Gasteiger charge is 2.25. The Hall–Kier alpha value is -1.96. The molecular formula is C17H17ClN2O4S. The van der Waals surface area contributed by atoms with Gasteiger partial charge in [0.25, 0.3) is 0 Å². The molecule has 0 spiro atoms. The summed E-state index contributed by atoms with van der Waals surface area (Å²) in [6, 6.07) is 10.8. The molecule has 1 aliphatic rings. The predicted octanol–water partition coefficient (Wildman–Crippen LogP) is 2.39. The van der Waals surface area contributed by atoms with E-state index in [1.165, 1.54) is 12.3 Å². The van der Waals surface area contributed by atoms with Gasteiger partial charge in [0.05, 0.1) is 24.9 Å². The van der Waals surface area contributed by atoms with Gasteiger partial charge in [0, 0.05) is 6.20 Å². The lowest BCUT2D eigenvalue weighted by molar-refractivity contribution is -0.122. The second-order valence-electron chi connectivity index (χ2n) is 5.79. The molecule has 1 aliphatic heterocycles. The maximum atomic E-state index is 12.2. The van der Waals surface area contributed by atoms with Crippen LogP contribution in [0, 0.1) is 0 Å². The molecule has 3 rings (SSSR count). The summed E-state index contributed by atoms with van der Waals surface area (Å²) in [7, 11) is -3.81. The average molecular weight is 381 g/mol. The van der Waals surface area contributed by atoms with Crippen molar-refractivity contribution in [3.63, 3.8) is 0 Å². The van der Waals surface area contributed by atoms with Crippen LogP contribution in [-0.2, 0) is 31.7 Å². The number of sulfonamides is 1. The fraction of sp³-hybridized carbons (Fsp3) is 0.294. The number of amides is 1. The fourth-order valence-electron chi connectivity index (χ4n) is 2.78. The number of benzene rings is 1. The molecule has 1 atom stereocenters. The summed E-state index contributed by atoms with van der Waals surface area (Å²) in [5.74, 6) is -0.936. The van der Waals surface area contributed by atoms with Crippen LogP contribution in [0.3, 0.4) is 0 Å². The summed E-state index contributed by atoms with van der Waals surface area (Å²) in [6.45, 7) is 0.512. The van der Waals surface area contributed by atoms with Crippen LogP contribution in [0.25, 0.3) is 0 Å². The summed E-state index contributed by atoms with van der Waals surface area (Å²) >= 11 is 5.67. The number of carbonyl (C=O) groups is 1. The van der Waals surface area contributed by atoms with Crippen LogP contribution in [0.4, 0.5) is 0 Å². The van der Waals surface area contributed by atoms with Crippen LogP contribution in [0.1, 0.15) is 29.2 Å². The van der Waals surface area contributed by atoms with Gasteiger partial charge in [0.2, 0.25) is 15.9 Å². The highest BCUT2D eigenvalue weighted by atomic mass is 35.5. The summed E-state index contributed by atoms with van der Waals surface area (Å²) in [6.07, 6.45) is 1.68. The third kappa shape index (κ3) is 4.78. The van der Waals surface area contributed by atoms with E-state index in [2.05, 4.69) is 9.71 Å². The molecule has 1 aromatic heterocycles. The van der Waals surface area contributed by atoms with E-state index in [0.29, 0.717) is 12.2 Å². The molecule has 6 nitrogen and oxygen atoms in total. The van der Waals surface area contributed by atoms with E-state index in [4.69, 9.17) is 16.3 Å². The van der Waals surface area contributed by atoms with Gasteiger partial charge in [-0.3, -0.25) is 9.52 Å². The molecular weight excluding hydrogens is 364 g/mol. The second-order valence-corrected chi connectivity index (χ2v) is 7.90. The van der Waals surface area contributed by atoms with Gasteiger partial charge in [-0.25, -0.2) is 13.4 Å². The molecule has 132 valence electrons. The number of hydrogen-bond donors (Lipinski definition) is 1. The molecule has 0 aliphatic carbocycles. The summed E-state index contributed by atoms with van der Waals surface area (Å²) in [5.41, 5.74) is 2.51. The van der Waals surface area contributed by atoms with Gasteiger partial charge in [0.1, 0.15) is 5.15 Å². The van der Waals surface area contributed by atoms with Crippen molar-refractivity contribution < 1.29 is 17.9 Å². The van der Waals surface area contributed by atoms with Crippen LogP contribution in [-0.4, -0.2) is 25.9 Å². The van der Waals surface area contributed by atoms with Crippen LogP contribution in [0.2, 0.25) is 5.15 Å². The normalized spacial score (nSPS) is 16.9. The summed E-state index contributed by atoms with van der Waals surface area (Å²) < 4.78 is 32.0. The predicted molar refractivity (Wildman–Crippen MR) is 93.5 cm³/mol. The highest BCUT2D eigenvalue weighted by Crippen LogP contribution is 2.29. The van der Waals surface area contributed by atoms with Crippen molar-refractivity contribution in [3.05, 3.63) is 64.4 Å². The number of fused-ring (bicyclic) bond motifs is 1. The van der Waals surface area contributed by atoms with Crippen LogP contribution < -0.4 is 4.72 Å². The van der Waals surface area contributed by atoms with Gasteiger partial charge in [-0.05, 0) is 29.2 Å². The maximum absolute atomic E-state index is 12.2. The molecule has 0 bridgehead atoms. The first kappa shape index (κ1) is 17.8. The van der Waals surface area contributed by atoms with Crippen molar-refractivity contribution in [3.8, 4) is 0 Å². The Morgan fingerprint density at radius 1 is 1.28 bits per heavy atom. The van der Waals surface area contributed by atoms with Crippen molar-refractivity contribution >= 4 is 27.5 Å². The number of nitrogens with one attached hydrogen (secondary N) is 1. The van der Waals surface area contributed by atoms with Gasteiger partial charge >= 0.3 is 0 Å². The minimum Gasteiger partial charge on any atom is -0.373 e. The molecule has 0 saturated heterocycles. The highest BCUT2D eigenvalue weighted by molar-refractivity contribution is 7.89. The van der Waals surface area contributed by atoms with Crippen molar-refractivity contribution in [2.75, 3.05) is 6.61 Å². The van der Waals surface area contributed by atoms with E-state index >= 15 is 0 Å². The number of pyridine rings is 1. The summed E-state index contributed by atoms with van der Waals surface area (Å²) in [4.78, 5) is 16.0. The van der Waals surface area contributed by atoms with Crippen molar-refractivity contribution in [2.45, 2.75) is 24.7 Å². The maximum Gasteiger partial charge on any atom is 0.239 e. The fourth-order valence-corrected chi connectivity index (χ4v) is 4.00. The lowest BCUT2D eigenvalue weighted by atomic mass is 9.96. The van der Waals surface area contributed by atoms with E-state index in [9.17, 15) is 13.2 Å². The van der Waals surface area contributed by atoms with E-state index in [-0.39, 0.29) is 17.3 Å². The molecule has 1 amide bonds. The molecule has 1 unspecified atom stereocenters. The number of rotatable bonds is 5. The molecule has 25 heavy (non-hydrogen) atoms. The van der Waals surface area contributed by atoms with Gasteiger partial charge in [0.15, 0.2) is 0 Å². The number of aromatic nitrogens is 1. The monoisotopic (exact) mass is 380 g/mol. The molecule has 0 fully saturated rings. The van der Waals surface area contributed by atoms with E-state index in [1.54, 1.807) is 6.07 Å². The minimum atomic E-state index is -3.81. The first-order chi connectivity index (χ1) is 11.9. The zero-order chi connectivity index (χ0) is 17.9. The smallest absolute Gasteiger partial charge is 0.239 e. The Balaban J connectivity index is 1.63. The Kier molecular flexibility index (Phi) is 5.36. The zero-order valence-electron chi connectivity index (χ0n) is 13.3. The van der Waals surface area contributed by atoms with Gasteiger partial charge in [-0.2, -0.15) is 0 Å². The SMILES string of the molecule is O=C(CC1OCCc2ccccc21)NS(=O)(=O)Cc1ccc(Cl)nc1. The van der Waals surface area contributed by atoms with E-state index in [1.807, 2.05) is 24.3 Å². The number of hydrogen-bond acceptors (Lipinski definition) is 5. The van der Waals surface area contributed by atoms with Crippen molar-refractivity contribution in [2.24, 2.45) is 0 Å². The Labute approximate surface area is 151 Å². The second kappa shape index (κ2) is 7.51. The Morgan fingerprint density at radius 2 is 2.08 bits per heavy atom. The first-order valence-corrected chi connectivity index (χ1v) is 9.79. The molecule has 2 aromatic rings. The lowest BCUT2D eigenvalue weighted by Crippen LogP contribution is -2.33. The summed E-state index contributed by atoms with van der Waals surface area (Å²) in [5, 5.41) is 0.276. The lowest BCUT2D eigenvalue weighted by Gasteiger charge is -2.25. The van der Waals surface area contributed by atoms with Crippen molar-refractivity contribution in [1.29, 1.82) is 0 Å². The average Bonchev–Trinajstić information content (AvgIpc) is 2.56. The number of carbonyl (C=O) groups excluding carboxylic acids is 1. The van der Waals surface area contributed by atoms with Crippen LogP contribution >= 0.6 is 11.6 Å². The number of nitrogens with zero attached hydrogens (tertiary/aromatic N) is 1. The zero-order valence-corrected chi connectivity index (χ0v) is 14.9. The Morgan fingerprint density at radius 3 is 2.84 bits per heavy atom. The molecule has 2 heterocycles. The quantitative estimate of drug-likeness (QED) is 0.805. The molecule has 0 saturated carbocycles. The molecule has 1 N–H and O–H groups in total. The van der Waals surface area contributed by atoms with Crippen LogP contribution in [0.15, 0.2) is 42.6 Å². The first-order valence-electron chi connectivity index (χ1n) is 7.76. The molecule has 8 heteroatoms. The van der Waals surface area contributed by atoms with Crippen LogP contribution in [0.5, 0.6) is 0 Å². The Bertz CT molecular complexity index is 868. The van der Waals surface area contributed by atoms with Gasteiger partial charge in [-0.1, -0.05) is 41.9 Å². The third-order valence-electron chi connectivity index (χ3n) is 3.88. The van der Waals surface area contributed by atoms with E-state index < -0.39 is 22.0 Å².